The largest absolute Gasteiger partial charge is 0.369 e. The van der Waals surface area contributed by atoms with E-state index in [1.54, 1.807) is 0 Å². The summed E-state index contributed by atoms with van der Waals surface area (Å²) in [6, 6.07) is 0. The molecule has 0 saturated heterocycles. The van der Waals surface area contributed by atoms with Crippen LogP contribution in [0.15, 0.2) is 0 Å². The summed E-state index contributed by atoms with van der Waals surface area (Å²) in [6.07, 6.45) is 5.31. The number of hydrogen-bond donors (Lipinski definition) is 1. The molecule has 0 bridgehead atoms. The van der Waals surface area contributed by atoms with Gasteiger partial charge in [-0.3, -0.25) is 4.79 Å². The van der Waals surface area contributed by atoms with Gasteiger partial charge in [0.05, 0.1) is 0 Å². The predicted molar refractivity (Wildman–Crippen MR) is 56.3 cm³/mol. The molecule has 0 heterocycles. The molecular weight excluding hydrogens is 162 g/mol. The Morgan fingerprint density at radius 2 is 1.85 bits per heavy atom. The van der Waals surface area contributed by atoms with Crippen LogP contribution in [0.5, 0.6) is 0 Å². The van der Waals surface area contributed by atoms with Gasteiger partial charge in [-0.25, -0.2) is 0 Å². The zero-order valence-corrected chi connectivity index (χ0v) is 9.18. The van der Waals surface area contributed by atoms with Gasteiger partial charge in [0.2, 0.25) is 5.91 Å². The fourth-order valence-corrected chi connectivity index (χ4v) is 1.41. The van der Waals surface area contributed by atoms with Crippen molar-refractivity contribution in [3.05, 3.63) is 0 Å². The molecule has 0 radical (unpaired) electrons. The average molecular weight is 185 g/mol. The summed E-state index contributed by atoms with van der Waals surface area (Å²) in [6.45, 7) is 6.50. The van der Waals surface area contributed by atoms with Crippen LogP contribution < -0.4 is 5.73 Å². The van der Waals surface area contributed by atoms with Crippen LogP contribution >= 0.6 is 0 Å². The second kappa shape index (κ2) is 6.93. The first-order chi connectivity index (χ1) is 6.07. The summed E-state index contributed by atoms with van der Waals surface area (Å²) < 4.78 is 0. The Morgan fingerprint density at radius 3 is 2.23 bits per heavy atom. The minimum atomic E-state index is -0.117. The fourth-order valence-electron chi connectivity index (χ4n) is 1.41. The van der Waals surface area contributed by atoms with Crippen molar-refractivity contribution in [3.8, 4) is 0 Å². The zero-order valence-electron chi connectivity index (χ0n) is 9.18. The first-order valence-electron chi connectivity index (χ1n) is 5.37. The lowest BCUT2D eigenvalue weighted by Gasteiger charge is -2.13. The molecule has 1 atom stereocenters. The Morgan fingerprint density at radius 1 is 1.23 bits per heavy atom. The standard InChI is InChI=1S/C11H23NO/c1-4-5-6-10(11(12)13)8-7-9(2)3/h9-10H,4-8H2,1-3H3,(H2,12,13)/t10-/m0/s1. The molecule has 0 unspecified atom stereocenters. The summed E-state index contributed by atoms with van der Waals surface area (Å²) in [5.41, 5.74) is 5.32. The van der Waals surface area contributed by atoms with Gasteiger partial charge in [-0.05, 0) is 18.8 Å². The monoisotopic (exact) mass is 185 g/mol. The van der Waals surface area contributed by atoms with Gasteiger partial charge in [-0.2, -0.15) is 0 Å². The van der Waals surface area contributed by atoms with E-state index in [2.05, 4.69) is 20.8 Å². The molecule has 0 fully saturated rings. The molecule has 1 amide bonds. The Labute approximate surface area is 81.9 Å². The fraction of sp³-hybridized carbons (Fsp3) is 0.909. The zero-order chi connectivity index (χ0) is 10.3. The summed E-state index contributed by atoms with van der Waals surface area (Å²) in [5, 5.41) is 0. The molecule has 0 aliphatic heterocycles. The molecule has 0 aromatic carbocycles. The third-order valence-electron chi connectivity index (χ3n) is 2.40. The van der Waals surface area contributed by atoms with Gasteiger partial charge in [-0.15, -0.1) is 0 Å². The van der Waals surface area contributed by atoms with Gasteiger partial charge in [0.15, 0.2) is 0 Å². The van der Waals surface area contributed by atoms with E-state index in [1.807, 2.05) is 0 Å². The smallest absolute Gasteiger partial charge is 0.220 e. The highest BCUT2D eigenvalue weighted by atomic mass is 16.1. The van der Waals surface area contributed by atoms with Crippen LogP contribution in [-0.2, 0) is 4.79 Å². The van der Waals surface area contributed by atoms with Crippen LogP contribution in [0.4, 0.5) is 0 Å². The molecule has 2 nitrogen and oxygen atoms in total. The maximum absolute atomic E-state index is 11.0. The van der Waals surface area contributed by atoms with E-state index < -0.39 is 0 Å². The summed E-state index contributed by atoms with van der Waals surface area (Å²) in [7, 11) is 0. The molecule has 0 aliphatic carbocycles. The molecule has 2 N–H and O–H groups in total. The third kappa shape index (κ3) is 6.62. The Bertz CT molecular complexity index is 143. The first kappa shape index (κ1) is 12.5. The second-order valence-electron chi connectivity index (χ2n) is 4.21. The first-order valence-corrected chi connectivity index (χ1v) is 5.37. The molecule has 13 heavy (non-hydrogen) atoms. The number of carbonyl (C=O) groups is 1. The molecule has 0 spiro atoms. The van der Waals surface area contributed by atoms with Gasteiger partial charge < -0.3 is 5.73 Å². The van der Waals surface area contributed by atoms with Gasteiger partial charge in [-0.1, -0.05) is 40.0 Å². The lowest BCUT2D eigenvalue weighted by molar-refractivity contribution is -0.122. The van der Waals surface area contributed by atoms with Crippen molar-refractivity contribution in [3.63, 3.8) is 0 Å². The third-order valence-corrected chi connectivity index (χ3v) is 2.40. The number of rotatable bonds is 7. The lowest BCUT2D eigenvalue weighted by atomic mass is 9.93. The van der Waals surface area contributed by atoms with E-state index in [0.29, 0.717) is 5.92 Å². The van der Waals surface area contributed by atoms with Crippen LogP contribution in [0.3, 0.4) is 0 Å². The Balaban J connectivity index is 3.74. The van der Waals surface area contributed by atoms with Crippen molar-refractivity contribution in [2.75, 3.05) is 0 Å². The molecule has 0 aromatic heterocycles. The number of unbranched alkanes of at least 4 members (excludes halogenated alkanes) is 1. The van der Waals surface area contributed by atoms with Crippen LogP contribution in [0.2, 0.25) is 0 Å². The molecular formula is C11H23NO. The minimum Gasteiger partial charge on any atom is -0.369 e. The number of carbonyl (C=O) groups excluding carboxylic acids is 1. The van der Waals surface area contributed by atoms with E-state index in [4.69, 9.17) is 5.73 Å². The van der Waals surface area contributed by atoms with E-state index >= 15 is 0 Å². The van der Waals surface area contributed by atoms with E-state index in [-0.39, 0.29) is 11.8 Å². The van der Waals surface area contributed by atoms with Gasteiger partial charge in [0.25, 0.3) is 0 Å². The van der Waals surface area contributed by atoms with E-state index in [1.165, 1.54) is 0 Å². The lowest BCUT2D eigenvalue weighted by Crippen LogP contribution is -2.23. The summed E-state index contributed by atoms with van der Waals surface area (Å²) in [4.78, 5) is 11.0. The van der Waals surface area contributed by atoms with Gasteiger partial charge in [0, 0.05) is 5.92 Å². The molecule has 0 saturated carbocycles. The van der Waals surface area contributed by atoms with Crippen molar-refractivity contribution in [2.45, 2.75) is 52.9 Å². The second-order valence-corrected chi connectivity index (χ2v) is 4.21. The Kier molecular flexibility index (Phi) is 6.65. The summed E-state index contributed by atoms with van der Waals surface area (Å²) >= 11 is 0. The maximum Gasteiger partial charge on any atom is 0.220 e. The van der Waals surface area contributed by atoms with Crippen molar-refractivity contribution in [1.82, 2.24) is 0 Å². The minimum absolute atomic E-state index is 0.113. The number of primary amides is 1. The van der Waals surface area contributed by atoms with Crippen LogP contribution in [0.25, 0.3) is 0 Å². The highest BCUT2D eigenvalue weighted by Crippen LogP contribution is 2.17. The number of amides is 1. The normalized spacial score (nSPS) is 13.2. The number of nitrogens with two attached hydrogens (primary N) is 1. The molecule has 0 rings (SSSR count). The molecule has 0 aromatic rings. The van der Waals surface area contributed by atoms with Crippen molar-refractivity contribution in [1.29, 1.82) is 0 Å². The van der Waals surface area contributed by atoms with Crippen molar-refractivity contribution in [2.24, 2.45) is 17.6 Å². The van der Waals surface area contributed by atoms with Crippen molar-refractivity contribution >= 4 is 5.91 Å². The topological polar surface area (TPSA) is 43.1 Å². The average Bonchev–Trinajstić information content (AvgIpc) is 2.03. The SMILES string of the molecule is CCCC[C@@H](CCC(C)C)C(N)=O. The van der Waals surface area contributed by atoms with Crippen LogP contribution in [-0.4, -0.2) is 5.91 Å². The molecule has 2 heteroatoms. The maximum atomic E-state index is 11.0. The predicted octanol–water partition coefficient (Wildman–Crippen LogP) is 2.71. The summed E-state index contributed by atoms with van der Waals surface area (Å²) in [5.74, 6) is 0.667. The van der Waals surface area contributed by atoms with Gasteiger partial charge >= 0.3 is 0 Å². The van der Waals surface area contributed by atoms with E-state index in [0.717, 1.165) is 32.1 Å². The highest BCUT2D eigenvalue weighted by molar-refractivity contribution is 5.76. The molecule has 78 valence electrons. The molecule has 0 aliphatic rings. The number of hydrogen-bond acceptors (Lipinski definition) is 1. The quantitative estimate of drug-likeness (QED) is 0.651. The van der Waals surface area contributed by atoms with Crippen LogP contribution in [0, 0.1) is 11.8 Å². The van der Waals surface area contributed by atoms with E-state index in [9.17, 15) is 4.79 Å². The van der Waals surface area contributed by atoms with Gasteiger partial charge in [0.1, 0.15) is 0 Å². The van der Waals surface area contributed by atoms with Crippen molar-refractivity contribution < 1.29 is 4.79 Å². The Hall–Kier alpha value is -0.530. The highest BCUT2D eigenvalue weighted by Gasteiger charge is 2.14. The van der Waals surface area contributed by atoms with Crippen LogP contribution in [0.1, 0.15) is 52.9 Å².